The van der Waals surface area contributed by atoms with Gasteiger partial charge in [-0.2, -0.15) is 0 Å². The standard InChI is InChI=1S/C52H35NO/c1-3-12-36(13-4-1)37-26-30-44(31-27-37)53(49-19-11-21-51-52(49)48-18-9-10-20-50(48)54-51)45-32-28-38(29-33-45)41-24-22-39-23-25-42(35-43(39)34-41)47-17-8-7-16-46(47)40-14-5-2-6-15-40/h1-35H. The van der Waals surface area contributed by atoms with E-state index in [2.05, 4.69) is 205 Å². The van der Waals surface area contributed by atoms with Crippen LogP contribution in [-0.2, 0) is 0 Å². The molecule has 10 rings (SSSR count). The summed E-state index contributed by atoms with van der Waals surface area (Å²) in [5.41, 5.74) is 14.6. The minimum atomic E-state index is 0.873. The number of rotatable bonds is 7. The van der Waals surface area contributed by atoms with Gasteiger partial charge in [-0.05, 0) is 110 Å². The molecule has 1 heterocycles. The Morgan fingerprint density at radius 1 is 0.315 bits per heavy atom. The molecule has 9 aromatic carbocycles. The molecule has 0 spiro atoms. The lowest BCUT2D eigenvalue weighted by Crippen LogP contribution is -2.10. The first kappa shape index (κ1) is 31.6. The lowest BCUT2D eigenvalue weighted by molar-refractivity contribution is 0.669. The molecule has 0 fully saturated rings. The van der Waals surface area contributed by atoms with Gasteiger partial charge in [-0.15, -0.1) is 0 Å². The highest BCUT2D eigenvalue weighted by Gasteiger charge is 2.19. The third-order valence-electron chi connectivity index (χ3n) is 10.5. The highest BCUT2D eigenvalue weighted by atomic mass is 16.3. The molecule has 0 aliphatic rings. The first-order valence-corrected chi connectivity index (χ1v) is 18.4. The van der Waals surface area contributed by atoms with Crippen molar-refractivity contribution in [3.8, 4) is 44.5 Å². The summed E-state index contributed by atoms with van der Waals surface area (Å²) in [5.74, 6) is 0. The van der Waals surface area contributed by atoms with Crippen molar-refractivity contribution in [2.45, 2.75) is 0 Å². The van der Waals surface area contributed by atoms with E-state index in [9.17, 15) is 0 Å². The molecular weight excluding hydrogens is 655 g/mol. The van der Waals surface area contributed by atoms with E-state index in [0.29, 0.717) is 0 Å². The molecule has 0 N–H and O–H groups in total. The van der Waals surface area contributed by atoms with Crippen molar-refractivity contribution in [2.24, 2.45) is 0 Å². The van der Waals surface area contributed by atoms with Crippen LogP contribution >= 0.6 is 0 Å². The number of nitrogens with zero attached hydrogens (tertiary/aromatic N) is 1. The zero-order valence-corrected chi connectivity index (χ0v) is 29.6. The quantitative estimate of drug-likeness (QED) is 0.166. The first-order valence-electron chi connectivity index (χ1n) is 18.4. The van der Waals surface area contributed by atoms with Crippen LogP contribution in [0.3, 0.4) is 0 Å². The van der Waals surface area contributed by atoms with E-state index in [1.165, 1.54) is 55.3 Å². The van der Waals surface area contributed by atoms with Crippen molar-refractivity contribution in [3.63, 3.8) is 0 Å². The Labute approximate surface area is 314 Å². The molecule has 0 unspecified atom stereocenters. The summed E-state index contributed by atoms with van der Waals surface area (Å²) in [5, 5.41) is 4.65. The van der Waals surface area contributed by atoms with Crippen LogP contribution in [-0.4, -0.2) is 0 Å². The molecule has 10 aromatic rings. The average Bonchev–Trinajstić information content (AvgIpc) is 3.64. The molecular formula is C52H35NO. The number of anilines is 3. The van der Waals surface area contributed by atoms with Crippen LogP contribution in [0.5, 0.6) is 0 Å². The zero-order valence-electron chi connectivity index (χ0n) is 29.6. The minimum absolute atomic E-state index is 0.873. The smallest absolute Gasteiger partial charge is 0.137 e. The molecule has 0 atom stereocenters. The second-order valence-corrected chi connectivity index (χ2v) is 13.7. The summed E-state index contributed by atoms with van der Waals surface area (Å²) in [4.78, 5) is 2.35. The molecule has 0 aliphatic heterocycles. The van der Waals surface area contributed by atoms with Crippen molar-refractivity contribution in [3.05, 3.63) is 212 Å². The number of para-hydroxylation sites is 1. The monoisotopic (exact) mass is 689 g/mol. The Hall–Kier alpha value is -7.16. The summed E-state index contributed by atoms with van der Waals surface area (Å²) in [6.45, 7) is 0. The van der Waals surface area contributed by atoms with Gasteiger partial charge in [0, 0.05) is 16.8 Å². The third-order valence-corrected chi connectivity index (χ3v) is 10.5. The van der Waals surface area contributed by atoms with Gasteiger partial charge in [-0.3, -0.25) is 0 Å². The van der Waals surface area contributed by atoms with E-state index < -0.39 is 0 Å². The first-order chi connectivity index (χ1) is 26.8. The highest BCUT2D eigenvalue weighted by molar-refractivity contribution is 6.13. The lowest BCUT2D eigenvalue weighted by atomic mass is 9.92. The van der Waals surface area contributed by atoms with E-state index in [-0.39, 0.29) is 0 Å². The predicted molar refractivity (Wildman–Crippen MR) is 228 cm³/mol. The van der Waals surface area contributed by atoms with E-state index in [1.807, 2.05) is 12.1 Å². The van der Waals surface area contributed by atoms with Gasteiger partial charge in [0.1, 0.15) is 11.2 Å². The molecule has 0 saturated carbocycles. The maximum atomic E-state index is 6.34. The van der Waals surface area contributed by atoms with Gasteiger partial charge in [0.2, 0.25) is 0 Å². The summed E-state index contributed by atoms with van der Waals surface area (Å²) >= 11 is 0. The fourth-order valence-electron chi connectivity index (χ4n) is 7.80. The summed E-state index contributed by atoms with van der Waals surface area (Å²) < 4.78 is 6.34. The van der Waals surface area contributed by atoms with Gasteiger partial charge in [-0.25, -0.2) is 0 Å². The molecule has 0 aliphatic carbocycles. The van der Waals surface area contributed by atoms with E-state index in [4.69, 9.17) is 4.42 Å². The van der Waals surface area contributed by atoms with Crippen molar-refractivity contribution in [2.75, 3.05) is 4.90 Å². The number of furan rings is 1. The Kier molecular flexibility index (Phi) is 7.85. The van der Waals surface area contributed by atoms with Crippen molar-refractivity contribution in [1.29, 1.82) is 0 Å². The number of benzene rings is 9. The molecule has 0 amide bonds. The van der Waals surface area contributed by atoms with Gasteiger partial charge in [0.05, 0.1) is 11.1 Å². The molecule has 2 nitrogen and oxygen atoms in total. The van der Waals surface area contributed by atoms with Crippen LogP contribution in [0.2, 0.25) is 0 Å². The number of hydrogen-bond donors (Lipinski definition) is 0. The topological polar surface area (TPSA) is 16.4 Å². The summed E-state index contributed by atoms with van der Waals surface area (Å²) in [6.07, 6.45) is 0. The van der Waals surface area contributed by atoms with Gasteiger partial charge < -0.3 is 9.32 Å². The van der Waals surface area contributed by atoms with Crippen LogP contribution in [0.25, 0.3) is 77.2 Å². The van der Waals surface area contributed by atoms with E-state index in [1.54, 1.807) is 0 Å². The largest absolute Gasteiger partial charge is 0.456 e. The summed E-state index contributed by atoms with van der Waals surface area (Å²) in [7, 11) is 0. The van der Waals surface area contributed by atoms with Crippen LogP contribution in [0.1, 0.15) is 0 Å². The summed E-state index contributed by atoms with van der Waals surface area (Å²) in [6, 6.07) is 75.9. The van der Waals surface area contributed by atoms with Crippen molar-refractivity contribution in [1.82, 2.24) is 0 Å². The molecule has 0 saturated heterocycles. The maximum Gasteiger partial charge on any atom is 0.137 e. The van der Waals surface area contributed by atoms with Gasteiger partial charge in [-0.1, -0.05) is 158 Å². The van der Waals surface area contributed by atoms with Crippen LogP contribution < -0.4 is 4.90 Å². The second-order valence-electron chi connectivity index (χ2n) is 13.7. The van der Waals surface area contributed by atoms with Gasteiger partial charge in [0.15, 0.2) is 0 Å². The SMILES string of the molecule is c1ccc(-c2ccc(N(c3ccc(-c4ccc5ccc(-c6ccccc6-c6ccccc6)cc5c4)cc3)c3cccc4oc5ccccc5c34)cc2)cc1. The molecule has 254 valence electrons. The lowest BCUT2D eigenvalue weighted by Gasteiger charge is -2.26. The minimum Gasteiger partial charge on any atom is -0.456 e. The Morgan fingerprint density at radius 2 is 0.815 bits per heavy atom. The average molecular weight is 690 g/mol. The highest BCUT2D eigenvalue weighted by Crippen LogP contribution is 2.44. The second kappa shape index (κ2) is 13.4. The molecule has 0 bridgehead atoms. The van der Waals surface area contributed by atoms with E-state index in [0.717, 1.165) is 39.0 Å². The van der Waals surface area contributed by atoms with Gasteiger partial charge in [0.25, 0.3) is 0 Å². The fourth-order valence-corrected chi connectivity index (χ4v) is 7.80. The van der Waals surface area contributed by atoms with Crippen molar-refractivity contribution >= 4 is 49.8 Å². The fraction of sp³-hybridized carbons (Fsp3) is 0. The molecule has 1 aromatic heterocycles. The van der Waals surface area contributed by atoms with Crippen LogP contribution in [0.15, 0.2) is 217 Å². The van der Waals surface area contributed by atoms with Crippen LogP contribution in [0, 0.1) is 0 Å². The van der Waals surface area contributed by atoms with Crippen molar-refractivity contribution < 1.29 is 4.42 Å². The predicted octanol–water partition coefficient (Wildman–Crippen LogP) is 14.9. The zero-order chi connectivity index (χ0) is 35.8. The normalized spacial score (nSPS) is 11.3. The Morgan fingerprint density at radius 3 is 1.52 bits per heavy atom. The Bertz CT molecular complexity index is 2910. The molecule has 0 radical (unpaired) electrons. The van der Waals surface area contributed by atoms with E-state index >= 15 is 0 Å². The Balaban J connectivity index is 1.05. The number of hydrogen-bond acceptors (Lipinski definition) is 2. The molecule has 54 heavy (non-hydrogen) atoms. The number of fused-ring (bicyclic) bond motifs is 4. The maximum absolute atomic E-state index is 6.34. The third kappa shape index (κ3) is 5.71. The van der Waals surface area contributed by atoms with Crippen LogP contribution in [0.4, 0.5) is 17.1 Å². The molecule has 2 heteroatoms. The van der Waals surface area contributed by atoms with Gasteiger partial charge >= 0.3 is 0 Å².